The lowest BCUT2D eigenvalue weighted by atomic mass is 10.2. The number of benzene rings is 1. The molecular formula is C12H12N4. The molecule has 0 unspecified atom stereocenters. The Kier molecular flexibility index (Phi) is 3.19. The first-order valence-electron chi connectivity index (χ1n) is 5.11. The summed E-state index contributed by atoms with van der Waals surface area (Å²) >= 11 is 0. The maximum absolute atomic E-state index is 8.65. The van der Waals surface area contributed by atoms with Gasteiger partial charge in [-0.1, -0.05) is 0 Å². The van der Waals surface area contributed by atoms with Gasteiger partial charge in [0.05, 0.1) is 11.6 Å². The van der Waals surface area contributed by atoms with Gasteiger partial charge in [-0.25, -0.2) is 4.98 Å². The summed E-state index contributed by atoms with van der Waals surface area (Å²) in [5.74, 6) is 0.973. The molecule has 2 aromatic rings. The minimum atomic E-state index is 0.677. The third-order valence-electron chi connectivity index (χ3n) is 2.26. The number of aromatic amines is 1. The molecule has 1 aromatic heterocycles. The van der Waals surface area contributed by atoms with Crippen LogP contribution in [0.25, 0.3) is 0 Å². The first kappa shape index (κ1) is 10.2. The number of hydrogen-bond donors (Lipinski definition) is 2. The van der Waals surface area contributed by atoms with Crippen molar-refractivity contribution >= 4 is 5.69 Å². The van der Waals surface area contributed by atoms with Gasteiger partial charge in [0.15, 0.2) is 0 Å². The number of hydrogen-bond acceptors (Lipinski definition) is 3. The highest BCUT2D eigenvalue weighted by atomic mass is 14.9. The standard InChI is InChI=1S/C12H12N4/c13-9-10-1-3-11(4-2-10)14-6-5-12-15-7-8-16-12/h1-4,7-8,14H,5-6H2,(H,15,16). The summed E-state index contributed by atoms with van der Waals surface area (Å²) in [4.78, 5) is 7.18. The summed E-state index contributed by atoms with van der Waals surface area (Å²) in [6, 6.07) is 9.50. The average Bonchev–Trinajstić information content (AvgIpc) is 2.83. The van der Waals surface area contributed by atoms with Crippen LogP contribution in [-0.4, -0.2) is 16.5 Å². The monoisotopic (exact) mass is 212 g/mol. The lowest BCUT2D eigenvalue weighted by Gasteiger charge is -2.04. The van der Waals surface area contributed by atoms with E-state index in [-0.39, 0.29) is 0 Å². The molecule has 0 bridgehead atoms. The summed E-state index contributed by atoms with van der Waals surface area (Å²) in [6.45, 7) is 0.819. The van der Waals surface area contributed by atoms with Crippen LogP contribution in [0, 0.1) is 11.3 Å². The smallest absolute Gasteiger partial charge is 0.107 e. The number of nitrogens with zero attached hydrogens (tertiary/aromatic N) is 2. The van der Waals surface area contributed by atoms with E-state index >= 15 is 0 Å². The molecule has 0 atom stereocenters. The second-order valence-corrected chi connectivity index (χ2v) is 3.40. The fraction of sp³-hybridized carbons (Fsp3) is 0.167. The fourth-order valence-corrected chi connectivity index (χ4v) is 1.42. The predicted molar refractivity (Wildman–Crippen MR) is 61.9 cm³/mol. The molecule has 1 aromatic carbocycles. The van der Waals surface area contributed by atoms with Gasteiger partial charge in [0.2, 0.25) is 0 Å². The van der Waals surface area contributed by atoms with Gasteiger partial charge < -0.3 is 10.3 Å². The molecule has 1 heterocycles. The van der Waals surface area contributed by atoms with E-state index in [0.717, 1.165) is 24.5 Å². The Morgan fingerprint density at radius 3 is 2.75 bits per heavy atom. The number of nitrogens with one attached hydrogen (secondary N) is 2. The second kappa shape index (κ2) is 4.99. The molecule has 0 aliphatic rings. The Hall–Kier alpha value is -2.28. The van der Waals surface area contributed by atoms with Crippen LogP contribution >= 0.6 is 0 Å². The molecule has 0 saturated heterocycles. The lowest BCUT2D eigenvalue weighted by Crippen LogP contribution is -2.05. The summed E-state index contributed by atoms with van der Waals surface area (Å²) in [5, 5.41) is 11.9. The van der Waals surface area contributed by atoms with Crippen LogP contribution in [-0.2, 0) is 6.42 Å². The fourth-order valence-electron chi connectivity index (χ4n) is 1.42. The Labute approximate surface area is 94.0 Å². The van der Waals surface area contributed by atoms with Crippen molar-refractivity contribution in [1.82, 2.24) is 9.97 Å². The zero-order valence-electron chi connectivity index (χ0n) is 8.77. The van der Waals surface area contributed by atoms with Crippen molar-refractivity contribution in [3.8, 4) is 6.07 Å². The van der Waals surface area contributed by atoms with Gasteiger partial charge >= 0.3 is 0 Å². The number of aromatic nitrogens is 2. The lowest BCUT2D eigenvalue weighted by molar-refractivity contribution is 0.927. The first-order chi connectivity index (χ1) is 7.88. The number of H-pyrrole nitrogens is 1. The normalized spacial score (nSPS) is 9.69. The van der Waals surface area contributed by atoms with Gasteiger partial charge in [0.25, 0.3) is 0 Å². The van der Waals surface area contributed by atoms with Crippen molar-refractivity contribution in [3.05, 3.63) is 48.0 Å². The molecule has 4 heteroatoms. The van der Waals surface area contributed by atoms with Crippen LogP contribution in [0.15, 0.2) is 36.7 Å². The largest absolute Gasteiger partial charge is 0.385 e. The van der Waals surface area contributed by atoms with Crippen molar-refractivity contribution in [1.29, 1.82) is 5.26 Å². The van der Waals surface area contributed by atoms with Gasteiger partial charge in [-0.05, 0) is 24.3 Å². The Balaban J connectivity index is 1.83. The van der Waals surface area contributed by atoms with E-state index in [0.29, 0.717) is 5.56 Å². The molecule has 80 valence electrons. The second-order valence-electron chi connectivity index (χ2n) is 3.40. The van der Waals surface area contributed by atoms with E-state index in [2.05, 4.69) is 21.4 Å². The van der Waals surface area contributed by atoms with E-state index in [1.807, 2.05) is 18.3 Å². The molecular weight excluding hydrogens is 200 g/mol. The summed E-state index contributed by atoms with van der Waals surface area (Å²) in [6.07, 6.45) is 4.42. The minimum absolute atomic E-state index is 0.677. The highest BCUT2D eigenvalue weighted by molar-refractivity contribution is 5.47. The third kappa shape index (κ3) is 2.61. The van der Waals surface area contributed by atoms with Crippen LogP contribution < -0.4 is 5.32 Å². The van der Waals surface area contributed by atoms with Crippen LogP contribution in [0.1, 0.15) is 11.4 Å². The van der Waals surface area contributed by atoms with Crippen LogP contribution in [0.3, 0.4) is 0 Å². The van der Waals surface area contributed by atoms with E-state index in [1.165, 1.54) is 0 Å². The zero-order chi connectivity index (χ0) is 11.2. The SMILES string of the molecule is N#Cc1ccc(NCCc2ncc[nH]2)cc1. The van der Waals surface area contributed by atoms with E-state index < -0.39 is 0 Å². The van der Waals surface area contributed by atoms with E-state index in [1.54, 1.807) is 18.3 Å². The molecule has 0 aliphatic heterocycles. The Morgan fingerprint density at radius 1 is 1.31 bits per heavy atom. The highest BCUT2D eigenvalue weighted by Crippen LogP contribution is 2.08. The zero-order valence-corrected chi connectivity index (χ0v) is 8.77. The van der Waals surface area contributed by atoms with Gasteiger partial charge in [0, 0.05) is 31.0 Å². The third-order valence-corrected chi connectivity index (χ3v) is 2.26. The maximum atomic E-state index is 8.65. The summed E-state index contributed by atoms with van der Waals surface area (Å²) in [5.41, 5.74) is 1.70. The average molecular weight is 212 g/mol. The van der Waals surface area contributed by atoms with Crippen molar-refractivity contribution < 1.29 is 0 Å². The van der Waals surface area contributed by atoms with Gasteiger partial charge in [0.1, 0.15) is 5.82 Å². The minimum Gasteiger partial charge on any atom is -0.385 e. The van der Waals surface area contributed by atoms with Crippen molar-refractivity contribution in [2.75, 3.05) is 11.9 Å². The molecule has 0 amide bonds. The number of nitriles is 1. The Bertz CT molecular complexity index is 465. The quantitative estimate of drug-likeness (QED) is 0.814. The maximum Gasteiger partial charge on any atom is 0.107 e. The first-order valence-corrected chi connectivity index (χ1v) is 5.11. The van der Waals surface area contributed by atoms with E-state index in [4.69, 9.17) is 5.26 Å². The number of imidazole rings is 1. The van der Waals surface area contributed by atoms with Crippen molar-refractivity contribution in [3.63, 3.8) is 0 Å². The van der Waals surface area contributed by atoms with Crippen LogP contribution in [0.5, 0.6) is 0 Å². The topological polar surface area (TPSA) is 64.5 Å². The van der Waals surface area contributed by atoms with Gasteiger partial charge in [-0.3, -0.25) is 0 Å². The molecule has 0 aliphatic carbocycles. The molecule has 0 spiro atoms. The van der Waals surface area contributed by atoms with Crippen molar-refractivity contribution in [2.24, 2.45) is 0 Å². The molecule has 0 radical (unpaired) electrons. The van der Waals surface area contributed by atoms with Gasteiger partial charge in [-0.15, -0.1) is 0 Å². The molecule has 2 N–H and O–H groups in total. The molecule has 2 rings (SSSR count). The summed E-state index contributed by atoms with van der Waals surface area (Å²) in [7, 11) is 0. The summed E-state index contributed by atoms with van der Waals surface area (Å²) < 4.78 is 0. The Morgan fingerprint density at radius 2 is 2.12 bits per heavy atom. The van der Waals surface area contributed by atoms with Gasteiger partial charge in [-0.2, -0.15) is 5.26 Å². The number of rotatable bonds is 4. The van der Waals surface area contributed by atoms with Crippen LogP contribution in [0.2, 0.25) is 0 Å². The molecule has 0 saturated carbocycles. The molecule has 0 fully saturated rings. The van der Waals surface area contributed by atoms with Crippen molar-refractivity contribution in [2.45, 2.75) is 6.42 Å². The van der Waals surface area contributed by atoms with Crippen LogP contribution in [0.4, 0.5) is 5.69 Å². The molecule has 4 nitrogen and oxygen atoms in total. The van der Waals surface area contributed by atoms with E-state index in [9.17, 15) is 0 Å². The predicted octanol–water partition coefficient (Wildman–Crippen LogP) is 1.94. The highest BCUT2D eigenvalue weighted by Gasteiger charge is 1.95. The number of anilines is 1. The molecule has 16 heavy (non-hydrogen) atoms.